The van der Waals surface area contributed by atoms with E-state index in [0.29, 0.717) is 11.1 Å². The van der Waals surface area contributed by atoms with Crippen molar-refractivity contribution in [1.29, 1.82) is 0 Å². The third kappa shape index (κ3) is 4.19. The predicted molar refractivity (Wildman–Crippen MR) is 82.8 cm³/mol. The number of nitrogens with one attached hydrogen (secondary N) is 2. The molecule has 0 aliphatic rings. The van der Waals surface area contributed by atoms with Gasteiger partial charge in [-0.15, -0.1) is 3.89 Å². The summed E-state index contributed by atoms with van der Waals surface area (Å²) >= 11 is 0. The Balaban J connectivity index is 2.11. The Kier molecular flexibility index (Phi) is 4.78. The van der Waals surface area contributed by atoms with Crippen LogP contribution in [0, 0.1) is 6.92 Å². The van der Waals surface area contributed by atoms with Crippen LogP contribution in [-0.2, 0) is 26.8 Å². The lowest BCUT2D eigenvalue weighted by Gasteiger charge is -2.09. The number of carbonyl (C=O) groups excluding carboxylic acids is 1. The van der Waals surface area contributed by atoms with Crippen LogP contribution in [0.5, 0.6) is 0 Å². The second kappa shape index (κ2) is 6.34. The molecule has 0 radical (unpaired) electrons. The molecule has 0 atom stereocenters. The van der Waals surface area contributed by atoms with Gasteiger partial charge in [0.2, 0.25) is 10.0 Å². The van der Waals surface area contributed by atoms with Gasteiger partial charge in [0.25, 0.3) is 5.91 Å². The normalized spacial score (nSPS) is 12.1. The lowest BCUT2D eigenvalue weighted by Crippen LogP contribution is -2.23. The van der Waals surface area contributed by atoms with Gasteiger partial charge in [-0.05, 0) is 36.2 Å². The van der Waals surface area contributed by atoms with Crippen molar-refractivity contribution in [2.45, 2.75) is 23.3 Å². The highest BCUT2D eigenvalue weighted by Gasteiger charge is 2.17. The van der Waals surface area contributed by atoms with Crippen LogP contribution in [0.4, 0.5) is 3.89 Å². The van der Waals surface area contributed by atoms with E-state index in [0.717, 1.165) is 12.3 Å². The van der Waals surface area contributed by atoms with Gasteiger partial charge in [0.15, 0.2) is 0 Å². The molecule has 0 bridgehead atoms. The molecule has 0 unspecified atom stereocenters. The van der Waals surface area contributed by atoms with Gasteiger partial charge >= 0.3 is 10.2 Å². The smallest absolute Gasteiger partial charge is 0.333 e. The molecule has 130 valence electrons. The van der Waals surface area contributed by atoms with Crippen LogP contribution < -0.4 is 10.5 Å². The van der Waals surface area contributed by atoms with Crippen molar-refractivity contribution in [3.63, 3.8) is 0 Å². The Hall–Kier alpha value is -2.24. The molecular weight excluding hydrogens is 361 g/mol. The van der Waals surface area contributed by atoms with Crippen molar-refractivity contribution >= 4 is 26.2 Å². The maximum atomic E-state index is 12.8. The zero-order chi connectivity index (χ0) is 18.1. The van der Waals surface area contributed by atoms with Gasteiger partial charge in [0.1, 0.15) is 10.6 Å². The summed E-state index contributed by atoms with van der Waals surface area (Å²) < 4.78 is 56.8. The van der Waals surface area contributed by atoms with Crippen molar-refractivity contribution in [2.24, 2.45) is 5.14 Å². The van der Waals surface area contributed by atoms with E-state index in [1.807, 2.05) is 0 Å². The van der Waals surface area contributed by atoms with Crippen molar-refractivity contribution < 1.29 is 25.5 Å². The molecule has 0 aliphatic heterocycles. The van der Waals surface area contributed by atoms with Crippen LogP contribution >= 0.6 is 0 Å². The van der Waals surface area contributed by atoms with Gasteiger partial charge in [0, 0.05) is 12.7 Å². The van der Waals surface area contributed by atoms with Crippen molar-refractivity contribution in [1.82, 2.24) is 10.3 Å². The van der Waals surface area contributed by atoms with E-state index in [2.05, 4.69) is 10.3 Å². The summed E-state index contributed by atoms with van der Waals surface area (Å²) in [6, 6.07) is 5.06. The zero-order valence-electron chi connectivity index (χ0n) is 12.4. The molecule has 2 aromatic rings. The second-order valence-electron chi connectivity index (χ2n) is 5.00. The number of aromatic amines is 1. The largest absolute Gasteiger partial charge is 0.356 e. The van der Waals surface area contributed by atoms with E-state index in [9.17, 15) is 25.5 Å². The maximum absolute atomic E-state index is 12.8. The zero-order valence-corrected chi connectivity index (χ0v) is 14.0. The van der Waals surface area contributed by atoms with E-state index in [4.69, 9.17) is 5.14 Å². The third-order valence-corrected chi connectivity index (χ3v) is 4.97. The fourth-order valence-electron chi connectivity index (χ4n) is 1.96. The Labute approximate surface area is 138 Å². The summed E-state index contributed by atoms with van der Waals surface area (Å²) in [6.45, 7) is 1.71. The van der Waals surface area contributed by atoms with Crippen LogP contribution in [-0.4, -0.2) is 27.7 Å². The quantitative estimate of drug-likeness (QED) is 0.655. The molecule has 0 saturated carbocycles. The Bertz CT molecular complexity index is 996. The summed E-state index contributed by atoms with van der Waals surface area (Å²) in [7, 11) is -8.70. The Morgan fingerprint density at radius 1 is 1.21 bits per heavy atom. The molecule has 1 heterocycles. The summed E-state index contributed by atoms with van der Waals surface area (Å²) in [4.78, 5) is 13.6. The van der Waals surface area contributed by atoms with Gasteiger partial charge in [-0.3, -0.25) is 4.79 Å². The van der Waals surface area contributed by atoms with Gasteiger partial charge in [-0.25, -0.2) is 13.6 Å². The molecule has 1 aromatic carbocycles. The van der Waals surface area contributed by atoms with Crippen LogP contribution in [0.25, 0.3) is 0 Å². The molecule has 2 rings (SSSR count). The number of H-pyrrole nitrogens is 1. The number of carbonyl (C=O) groups is 1. The van der Waals surface area contributed by atoms with Crippen molar-refractivity contribution in [3.05, 3.63) is 47.3 Å². The molecular formula is C13H14FN3O5S2. The number of aryl methyl sites for hydroxylation is 1. The van der Waals surface area contributed by atoms with E-state index < -0.39 is 31.0 Å². The molecule has 4 N–H and O–H groups in total. The minimum absolute atomic E-state index is 0.0442. The molecule has 0 aliphatic carbocycles. The molecule has 0 fully saturated rings. The first kappa shape index (κ1) is 18.1. The van der Waals surface area contributed by atoms with Crippen LogP contribution in [0.1, 0.15) is 21.6 Å². The van der Waals surface area contributed by atoms with Gasteiger partial charge in [0.05, 0.1) is 4.90 Å². The van der Waals surface area contributed by atoms with Crippen LogP contribution in [0.2, 0.25) is 0 Å². The number of rotatable bonds is 5. The number of benzene rings is 1. The lowest BCUT2D eigenvalue weighted by molar-refractivity contribution is 0.0946. The molecule has 1 amide bonds. The Morgan fingerprint density at radius 2 is 1.88 bits per heavy atom. The van der Waals surface area contributed by atoms with Gasteiger partial charge < -0.3 is 10.3 Å². The van der Waals surface area contributed by atoms with Crippen LogP contribution in [0.15, 0.2) is 40.3 Å². The van der Waals surface area contributed by atoms with Crippen LogP contribution in [0.3, 0.4) is 0 Å². The number of nitrogens with two attached hydrogens (primary N) is 1. The number of sulfonamides is 1. The number of hydrogen-bond donors (Lipinski definition) is 3. The predicted octanol–water partition coefficient (Wildman–Crippen LogP) is 0.559. The van der Waals surface area contributed by atoms with E-state index in [-0.39, 0.29) is 17.1 Å². The first-order chi connectivity index (χ1) is 11.0. The molecule has 1 aromatic heterocycles. The maximum Gasteiger partial charge on any atom is 0.333 e. The molecule has 8 nitrogen and oxygen atoms in total. The highest BCUT2D eigenvalue weighted by molar-refractivity contribution is 7.89. The minimum Gasteiger partial charge on any atom is -0.356 e. The SMILES string of the molecule is Cc1cc(S(N)(=O)=O)ccc1CNC(=O)c1cc(S(=O)(=O)F)c[nH]1. The number of hydrogen-bond acceptors (Lipinski definition) is 5. The molecule has 0 saturated heterocycles. The number of primary sulfonamides is 1. The van der Waals surface area contributed by atoms with Crippen molar-refractivity contribution in [2.75, 3.05) is 0 Å². The first-order valence-electron chi connectivity index (χ1n) is 6.52. The lowest BCUT2D eigenvalue weighted by atomic mass is 10.1. The summed E-state index contributed by atoms with van der Waals surface area (Å²) in [6.07, 6.45) is 0.871. The van der Waals surface area contributed by atoms with Gasteiger partial charge in [-0.2, -0.15) is 8.42 Å². The number of aromatic nitrogens is 1. The average molecular weight is 375 g/mol. The number of halogens is 1. The Morgan fingerprint density at radius 3 is 2.38 bits per heavy atom. The van der Waals surface area contributed by atoms with E-state index >= 15 is 0 Å². The standard InChI is InChI=1S/C13H14FN3O5S2/c1-8-4-10(24(15,21)22)3-2-9(8)6-17-13(18)12-5-11(7-16-12)23(14,19)20/h2-5,7,16H,6H2,1H3,(H,17,18)(H2,15,21,22). The van der Waals surface area contributed by atoms with E-state index in [1.165, 1.54) is 18.2 Å². The summed E-state index contributed by atoms with van der Waals surface area (Å²) in [5.74, 6) is -0.639. The minimum atomic E-state index is -4.89. The topological polar surface area (TPSA) is 139 Å². The number of amides is 1. The summed E-state index contributed by atoms with van der Waals surface area (Å²) in [5.41, 5.74) is 1.12. The van der Waals surface area contributed by atoms with E-state index in [1.54, 1.807) is 6.92 Å². The highest BCUT2D eigenvalue weighted by Crippen LogP contribution is 2.15. The third-order valence-electron chi connectivity index (χ3n) is 3.26. The first-order valence-corrected chi connectivity index (χ1v) is 9.45. The fourth-order valence-corrected chi connectivity index (χ4v) is 3.02. The van der Waals surface area contributed by atoms with Gasteiger partial charge in [-0.1, -0.05) is 6.07 Å². The molecule has 24 heavy (non-hydrogen) atoms. The summed E-state index contributed by atoms with van der Waals surface area (Å²) in [5, 5.41) is 7.54. The second-order valence-corrected chi connectivity index (χ2v) is 7.91. The van der Waals surface area contributed by atoms with Crippen molar-refractivity contribution in [3.8, 4) is 0 Å². The fraction of sp³-hybridized carbons (Fsp3) is 0.154. The average Bonchev–Trinajstić information content (AvgIpc) is 2.94. The molecule has 11 heteroatoms. The molecule has 0 spiro atoms. The highest BCUT2D eigenvalue weighted by atomic mass is 32.3. The monoisotopic (exact) mass is 375 g/mol.